The van der Waals surface area contributed by atoms with Crippen LogP contribution in [0, 0.1) is 41.9 Å². The molecule has 0 bridgehead atoms. The predicted octanol–water partition coefficient (Wildman–Crippen LogP) is 2.51. The number of sulfonamides is 1. The molecule has 5 atom stereocenters. The molecule has 0 saturated heterocycles. The molecule has 0 radical (unpaired) electrons. The van der Waals surface area contributed by atoms with Crippen LogP contribution in [0.1, 0.15) is 91.9 Å². The van der Waals surface area contributed by atoms with Crippen LogP contribution in [0.4, 0.5) is 0 Å². The number of nitrogens with zero attached hydrogens (tertiary/aromatic N) is 2. The van der Waals surface area contributed by atoms with Gasteiger partial charge in [-0.3, -0.25) is 9.59 Å². The molecule has 0 aromatic rings. The van der Waals surface area contributed by atoms with Gasteiger partial charge in [-0.05, 0) is 76.0 Å². The summed E-state index contributed by atoms with van der Waals surface area (Å²) >= 11 is 0. The molecule has 5 unspecified atom stereocenters. The van der Waals surface area contributed by atoms with Crippen molar-refractivity contribution in [3.05, 3.63) is 0 Å². The maximum Gasteiger partial charge on any atom is 0.225 e. The fraction of sp³-hybridized carbons (Fsp3) is 0.871. The lowest BCUT2D eigenvalue weighted by Gasteiger charge is -2.37. The van der Waals surface area contributed by atoms with Crippen molar-refractivity contribution in [2.24, 2.45) is 29.6 Å². The van der Waals surface area contributed by atoms with Gasteiger partial charge in [0.15, 0.2) is 0 Å². The normalized spacial score (nSPS) is 26.4. The number of hydrogen-bond donors (Lipinski definition) is 4. The highest BCUT2D eigenvalue weighted by Gasteiger charge is 2.38. The Balaban J connectivity index is 2.17. The van der Waals surface area contributed by atoms with Crippen molar-refractivity contribution in [1.82, 2.24) is 20.1 Å². The first kappa shape index (κ1) is 36.5. The summed E-state index contributed by atoms with van der Waals surface area (Å²) in [6.45, 7) is 9.07. The third kappa shape index (κ3) is 12.1. The Morgan fingerprint density at radius 1 is 1.02 bits per heavy atom. The van der Waals surface area contributed by atoms with Crippen molar-refractivity contribution in [2.75, 3.05) is 32.4 Å². The van der Waals surface area contributed by atoms with Crippen molar-refractivity contribution in [3.8, 4) is 12.3 Å². The van der Waals surface area contributed by atoms with Crippen LogP contribution in [0.5, 0.6) is 0 Å². The Bertz CT molecular complexity index is 986. The van der Waals surface area contributed by atoms with Crippen LogP contribution in [0.25, 0.3) is 0 Å². The third-order valence-electron chi connectivity index (χ3n) is 8.47. The zero-order valence-electron chi connectivity index (χ0n) is 26.4. The van der Waals surface area contributed by atoms with Gasteiger partial charge in [-0.2, -0.15) is 0 Å². The van der Waals surface area contributed by atoms with Crippen LogP contribution in [0.3, 0.4) is 0 Å². The largest absolute Gasteiger partial charge is 0.393 e. The number of nitrogens with one attached hydrogen (secondary N) is 2. The van der Waals surface area contributed by atoms with E-state index in [1.165, 1.54) is 5.01 Å². The summed E-state index contributed by atoms with van der Waals surface area (Å²) in [6, 6.07) is -0.619. The number of carbonyl (C=O) groups excluding carboxylic acids is 2. The van der Waals surface area contributed by atoms with Crippen LogP contribution in [0.15, 0.2) is 0 Å². The topological polar surface area (TPSA) is 139 Å². The van der Waals surface area contributed by atoms with E-state index in [1.807, 2.05) is 32.6 Å². The maximum atomic E-state index is 13.7. The summed E-state index contributed by atoms with van der Waals surface area (Å²) in [4.78, 5) is 31.5. The highest BCUT2D eigenvalue weighted by atomic mass is 32.2. The second-order valence-electron chi connectivity index (χ2n) is 13.0. The highest BCUT2D eigenvalue weighted by molar-refractivity contribution is 7.89. The number of aliphatic hydroxyl groups is 2. The number of hydrogen-bond acceptors (Lipinski definition) is 7. The molecule has 0 aliphatic heterocycles. The predicted molar refractivity (Wildman–Crippen MR) is 165 cm³/mol. The fourth-order valence-corrected chi connectivity index (χ4v) is 8.01. The average Bonchev–Trinajstić information content (AvgIpc) is 2.91. The Morgan fingerprint density at radius 2 is 1.62 bits per heavy atom. The molecule has 2 fully saturated rings. The zero-order chi connectivity index (χ0) is 31.4. The van der Waals surface area contributed by atoms with Gasteiger partial charge in [0.1, 0.15) is 0 Å². The van der Waals surface area contributed by atoms with E-state index in [9.17, 15) is 28.2 Å². The van der Waals surface area contributed by atoms with Gasteiger partial charge >= 0.3 is 0 Å². The van der Waals surface area contributed by atoms with E-state index in [0.717, 1.165) is 25.7 Å². The molecule has 4 N–H and O–H groups in total. The molecule has 0 heterocycles. The molecular formula is C31H56N4O6S. The van der Waals surface area contributed by atoms with Crippen molar-refractivity contribution in [1.29, 1.82) is 0 Å². The molecule has 2 amide bonds. The van der Waals surface area contributed by atoms with E-state index in [1.54, 1.807) is 7.05 Å². The minimum atomic E-state index is -3.57. The van der Waals surface area contributed by atoms with Crippen molar-refractivity contribution in [3.63, 3.8) is 0 Å². The van der Waals surface area contributed by atoms with Crippen LogP contribution >= 0.6 is 0 Å². The van der Waals surface area contributed by atoms with Gasteiger partial charge in [0.2, 0.25) is 21.8 Å². The maximum absolute atomic E-state index is 13.7. The van der Waals surface area contributed by atoms with Gasteiger partial charge in [-0.1, -0.05) is 27.7 Å². The molecule has 0 aromatic carbocycles. The van der Waals surface area contributed by atoms with E-state index >= 15 is 0 Å². The summed E-state index contributed by atoms with van der Waals surface area (Å²) in [7, 11) is -2.01. The van der Waals surface area contributed by atoms with Crippen molar-refractivity contribution >= 4 is 21.8 Å². The van der Waals surface area contributed by atoms with Crippen LogP contribution < -0.4 is 10.1 Å². The van der Waals surface area contributed by atoms with Crippen molar-refractivity contribution < 1.29 is 28.2 Å². The highest BCUT2D eigenvalue weighted by Crippen LogP contribution is 2.35. The SMILES string of the molecule is C#CC1CC(C(=O)NC(CC2CCC(O)CC2)C(O)CN(C)NS(=O)(=O)CC(C)C)CC(C(=O)N(CCC)CCC)C1. The van der Waals surface area contributed by atoms with Crippen molar-refractivity contribution in [2.45, 2.75) is 110 Å². The van der Waals surface area contributed by atoms with Crippen LogP contribution in [-0.4, -0.2) is 91.0 Å². The Hall–Kier alpha value is -1.71. The first-order valence-corrected chi connectivity index (χ1v) is 17.6. The van der Waals surface area contributed by atoms with Gasteiger partial charge < -0.3 is 20.4 Å². The average molecular weight is 613 g/mol. The van der Waals surface area contributed by atoms with E-state index in [4.69, 9.17) is 6.42 Å². The molecule has 2 aliphatic rings. The van der Waals surface area contributed by atoms with Crippen LogP contribution in [0.2, 0.25) is 0 Å². The number of hydrazine groups is 1. The first-order valence-electron chi connectivity index (χ1n) is 15.9. The van der Waals surface area contributed by atoms with Gasteiger partial charge in [0.25, 0.3) is 0 Å². The van der Waals surface area contributed by atoms with Gasteiger partial charge in [0, 0.05) is 44.4 Å². The summed E-state index contributed by atoms with van der Waals surface area (Å²) in [5, 5.41) is 25.7. The number of carbonyl (C=O) groups is 2. The van der Waals surface area contributed by atoms with E-state index < -0.39 is 28.1 Å². The number of terminal acetylenes is 1. The molecule has 2 rings (SSSR count). The lowest BCUT2D eigenvalue weighted by atomic mass is 9.74. The number of rotatable bonds is 16. The first-order chi connectivity index (χ1) is 19.8. The van der Waals surface area contributed by atoms with E-state index in [-0.39, 0.29) is 53.9 Å². The fourth-order valence-electron chi connectivity index (χ4n) is 6.51. The minimum absolute atomic E-state index is 0.0145. The van der Waals surface area contributed by atoms with Gasteiger partial charge in [-0.25, -0.2) is 13.4 Å². The monoisotopic (exact) mass is 612 g/mol. The molecule has 42 heavy (non-hydrogen) atoms. The molecular weight excluding hydrogens is 556 g/mol. The smallest absolute Gasteiger partial charge is 0.225 e. The Kier molecular flexibility index (Phi) is 15.2. The number of likely N-dealkylation sites (N-methyl/N-ethyl adjacent to an activating group) is 1. The summed E-state index contributed by atoms with van der Waals surface area (Å²) in [5.74, 6) is 1.79. The molecule has 0 aromatic heterocycles. The summed E-state index contributed by atoms with van der Waals surface area (Å²) in [5.41, 5.74) is 0. The van der Waals surface area contributed by atoms with Gasteiger partial charge in [-0.15, -0.1) is 17.2 Å². The standard InChI is InChI=1S/C31H56N4O6S/c1-7-14-35(15-8-2)31(39)26-17-23(9-3)16-25(19-26)30(38)32-28(18-24-10-12-27(36)13-11-24)29(37)20-34(6)33-42(40,41)21-22(4)5/h3,22-29,33,36-37H,7-8,10-21H2,1-2,4-6H3,(H,32,38). The number of aliphatic hydroxyl groups excluding tert-OH is 2. The Labute approximate surface area is 254 Å². The molecule has 11 heteroatoms. The lowest BCUT2D eigenvalue weighted by molar-refractivity contribution is -0.139. The second kappa shape index (κ2) is 17.6. The summed E-state index contributed by atoms with van der Waals surface area (Å²) in [6.07, 6.45) is 11.1. The van der Waals surface area contributed by atoms with E-state index in [2.05, 4.69) is 16.1 Å². The second-order valence-corrected chi connectivity index (χ2v) is 14.8. The van der Waals surface area contributed by atoms with Crippen LogP contribution in [-0.2, 0) is 19.6 Å². The zero-order valence-corrected chi connectivity index (χ0v) is 27.2. The molecule has 2 saturated carbocycles. The Morgan fingerprint density at radius 3 is 2.17 bits per heavy atom. The van der Waals surface area contributed by atoms with E-state index in [0.29, 0.717) is 51.6 Å². The number of amides is 2. The quantitative estimate of drug-likeness (QED) is 0.155. The van der Waals surface area contributed by atoms with Gasteiger partial charge in [0.05, 0.1) is 24.0 Å². The minimum Gasteiger partial charge on any atom is -0.393 e. The third-order valence-corrected chi connectivity index (χ3v) is 10.2. The molecule has 10 nitrogen and oxygen atoms in total. The molecule has 242 valence electrons. The lowest BCUT2D eigenvalue weighted by Crippen LogP contribution is -2.53. The molecule has 2 aliphatic carbocycles. The summed E-state index contributed by atoms with van der Waals surface area (Å²) < 4.78 is 24.9. The molecule has 0 spiro atoms.